The zero-order valence-electron chi connectivity index (χ0n) is 10.4. The summed E-state index contributed by atoms with van der Waals surface area (Å²) in [4.78, 5) is 0.547. The lowest BCUT2D eigenvalue weighted by Crippen LogP contribution is -2.05. The van der Waals surface area contributed by atoms with Crippen LogP contribution in [0.1, 0.15) is 32.3 Å². The van der Waals surface area contributed by atoms with Gasteiger partial charge in [0.2, 0.25) is 0 Å². The molecule has 0 fully saturated rings. The molecule has 0 bridgehead atoms. The van der Waals surface area contributed by atoms with Gasteiger partial charge in [0.05, 0.1) is 7.11 Å². The first-order chi connectivity index (χ1) is 7.63. The first kappa shape index (κ1) is 13.6. The molecule has 16 heavy (non-hydrogen) atoms. The summed E-state index contributed by atoms with van der Waals surface area (Å²) in [6.07, 6.45) is 3.53. The van der Waals surface area contributed by atoms with Crippen LogP contribution in [0.4, 0.5) is 0 Å². The molecular weight excluding hydrogens is 264 g/mol. The number of benzene rings is 1. The maximum atomic E-state index is 5.35. The molecule has 0 heterocycles. The number of hydrogen-bond donors (Lipinski definition) is 0. The molecule has 1 atom stereocenters. The van der Waals surface area contributed by atoms with E-state index in [1.165, 1.54) is 18.4 Å². The fourth-order valence-corrected chi connectivity index (χ4v) is 2.34. The van der Waals surface area contributed by atoms with Gasteiger partial charge in [0.25, 0.3) is 0 Å². The first-order valence-corrected chi connectivity index (χ1v) is 6.81. The van der Waals surface area contributed by atoms with E-state index in [0.717, 1.165) is 18.1 Å². The van der Waals surface area contributed by atoms with Crippen LogP contribution in [-0.2, 0) is 6.42 Å². The van der Waals surface area contributed by atoms with E-state index in [1.807, 2.05) is 12.1 Å². The third-order valence-corrected chi connectivity index (χ3v) is 3.47. The lowest BCUT2D eigenvalue weighted by atomic mass is 10.0. The number of ether oxygens (including phenoxy) is 1. The van der Waals surface area contributed by atoms with E-state index in [1.54, 1.807) is 7.11 Å². The SMILES string of the molecule is COc1ccccc1CC(Br)CCC(C)C. The fourth-order valence-electron chi connectivity index (χ4n) is 1.73. The van der Waals surface area contributed by atoms with Crippen LogP contribution >= 0.6 is 15.9 Å². The van der Waals surface area contributed by atoms with E-state index in [0.29, 0.717) is 4.83 Å². The summed E-state index contributed by atoms with van der Waals surface area (Å²) >= 11 is 3.75. The molecule has 0 radical (unpaired) electrons. The van der Waals surface area contributed by atoms with Crippen molar-refractivity contribution < 1.29 is 4.74 Å². The minimum absolute atomic E-state index is 0.547. The van der Waals surface area contributed by atoms with Crippen molar-refractivity contribution in [3.63, 3.8) is 0 Å². The molecule has 0 spiro atoms. The minimum atomic E-state index is 0.547. The van der Waals surface area contributed by atoms with Crippen molar-refractivity contribution in [2.75, 3.05) is 7.11 Å². The molecule has 0 saturated carbocycles. The fraction of sp³-hybridized carbons (Fsp3) is 0.571. The second-order valence-corrected chi connectivity index (χ2v) is 5.88. The summed E-state index contributed by atoms with van der Waals surface area (Å²) in [7, 11) is 1.73. The molecule has 1 aromatic rings. The molecular formula is C14H21BrO. The number of methoxy groups -OCH3 is 1. The lowest BCUT2D eigenvalue weighted by Gasteiger charge is -2.13. The number of alkyl halides is 1. The summed E-state index contributed by atoms with van der Waals surface area (Å²) in [5, 5.41) is 0. The average Bonchev–Trinajstić information content (AvgIpc) is 2.27. The molecule has 1 unspecified atom stereocenters. The van der Waals surface area contributed by atoms with Crippen molar-refractivity contribution in [1.82, 2.24) is 0 Å². The van der Waals surface area contributed by atoms with Crippen molar-refractivity contribution in [3.8, 4) is 5.75 Å². The normalized spacial score (nSPS) is 12.8. The zero-order chi connectivity index (χ0) is 12.0. The number of hydrogen-bond acceptors (Lipinski definition) is 1. The van der Waals surface area contributed by atoms with Gasteiger partial charge in [-0.15, -0.1) is 0 Å². The van der Waals surface area contributed by atoms with Crippen molar-refractivity contribution in [3.05, 3.63) is 29.8 Å². The Morgan fingerprint density at radius 1 is 1.19 bits per heavy atom. The van der Waals surface area contributed by atoms with E-state index >= 15 is 0 Å². The standard InChI is InChI=1S/C14H21BrO/c1-11(2)8-9-13(15)10-12-6-4-5-7-14(12)16-3/h4-7,11,13H,8-10H2,1-3H3. The largest absolute Gasteiger partial charge is 0.496 e. The first-order valence-electron chi connectivity index (χ1n) is 5.89. The second-order valence-electron chi connectivity index (χ2n) is 4.58. The van der Waals surface area contributed by atoms with Crippen molar-refractivity contribution in [2.24, 2.45) is 5.92 Å². The van der Waals surface area contributed by atoms with Crippen molar-refractivity contribution in [1.29, 1.82) is 0 Å². The number of halogens is 1. The van der Waals surface area contributed by atoms with Crippen LogP contribution in [0, 0.1) is 5.92 Å². The Kier molecular flexibility index (Phi) is 5.89. The molecule has 2 heteroatoms. The molecule has 0 aliphatic rings. The molecule has 0 saturated heterocycles. The van der Waals surface area contributed by atoms with E-state index in [4.69, 9.17) is 4.74 Å². The van der Waals surface area contributed by atoms with Gasteiger partial charge < -0.3 is 4.74 Å². The third kappa shape index (κ3) is 4.56. The van der Waals surface area contributed by atoms with Crippen LogP contribution in [-0.4, -0.2) is 11.9 Å². The molecule has 0 N–H and O–H groups in total. The Balaban J connectivity index is 2.51. The van der Waals surface area contributed by atoms with Crippen LogP contribution in [0.3, 0.4) is 0 Å². The van der Waals surface area contributed by atoms with Gasteiger partial charge in [0.1, 0.15) is 5.75 Å². The predicted molar refractivity (Wildman–Crippen MR) is 73.5 cm³/mol. The Bertz CT molecular complexity index is 309. The van der Waals surface area contributed by atoms with Gasteiger partial charge in [-0.1, -0.05) is 48.0 Å². The predicted octanol–water partition coefficient (Wildman–Crippen LogP) is 4.44. The zero-order valence-corrected chi connectivity index (χ0v) is 12.0. The highest BCUT2D eigenvalue weighted by atomic mass is 79.9. The highest BCUT2D eigenvalue weighted by molar-refractivity contribution is 9.09. The van der Waals surface area contributed by atoms with Crippen molar-refractivity contribution in [2.45, 2.75) is 37.9 Å². The Labute approximate surface area is 107 Å². The summed E-state index contributed by atoms with van der Waals surface area (Å²) in [5.41, 5.74) is 1.29. The summed E-state index contributed by atoms with van der Waals surface area (Å²) < 4.78 is 5.35. The van der Waals surface area contributed by atoms with Crippen LogP contribution in [0.15, 0.2) is 24.3 Å². The smallest absolute Gasteiger partial charge is 0.122 e. The summed E-state index contributed by atoms with van der Waals surface area (Å²) in [6, 6.07) is 8.25. The molecule has 0 aliphatic carbocycles. The van der Waals surface area contributed by atoms with Crippen molar-refractivity contribution >= 4 is 15.9 Å². The average molecular weight is 285 g/mol. The Hall–Kier alpha value is -0.500. The molecule has 90 valence electrons. The molecule has 1 rings (SSSR count). The Morgan fingerprint density at radius 2 is 1.88 bits per heavy atom. The number of rotatable bonds is 6. The lowest BCUT2D eigenvalue weighted by molar-refractivity contribution is 0.409. The van der Waals surface area contributed by atoms with Gasteiger partial charge in [0, 0.05) is 4.83 Å². The van der Waals surface area contributed by atoms with E-state index in [-0.39, 0.29) is 0 Å². The van der Waals surface area contributed by atoms with Gasteiger partial charge in [-0.25, -0.2) is 0 Å². The summed E-state index contributed by atoms with van der Waals surface area (Å²) in [6.45, 7) is 4.53. The van der Waals surface area contributed by atoms with Gasteiger partial charge in [-0.3, -0.25) is 0 Å². The highest BCUT2D eigenvalue weighted by Crippen LogP contribution is 2.24. The summed E-state index contributed by atoms with van der Waals surface area (Å²) in [5.74, 6) is 1.77. The van der Waals surface area contributed by atoms with E-state index in [2.05, 4.69) is 41.9 Å². The second kappa shape index (κ2) is 6.95. The van der Waals surface area contributed by atoms with Gasteiger partial charge in [-0.05, 0) is 36.8 Å². The molecule has 1 nitrogen and oxygen atoms in total. The quantitative estimate of drug-likeness (QED) is 0.702. The monoisotopic (exact) mass is 284 g/mol. The van der Waals surface area contributed by atoms with Gasteiger partial charge in [-0.2, -0.15) is 0 Å². The van der Waals surface area contributed by atoms with E-state index in [9.17, 15) is 0 Å². The highest BCUT2D eigenvalue weighted by Gasteiger charge is 2.09. The van der Waals surface area contributed by atoms with E-state index < -0.39 is 0 Å². The van der Waals surface area contributed by atoms with Gasteiger partial charge >= 0.3 is 0 Å². The van der Waals surface area contributed by atoms with Crippen LogP contribution in [0.2, 0.25) is 0 Å². The third-order valence-electron chi connectivity index (χ3n) is 2.69. The molecule has 0 amide bonds. The van der Waals surface area contributed by atoms with Gasteiger partial charge in [0.15, 0.2) is 0 Å². The van der Waals surface area contributed by atoms with Crippen LogP contribution in [0.5, 0.6) is 5.75 Å². The number of para-hydroxylation sites is 1. The maximum Gasteiger partial charge on any atom is 0.122 e. The molecule has 0 aliphatic heterocycles. The molecule has 0 aromatic heterocycles. The minimum Gasteiger partial charge on any atom is -0.496 e. The van der Waals surface area contributed by atoms with Crippen LogP contribution < -0.4 is 4.74 Å². The Morgan fingerprint density at radius 3 is 2.50 bits per heavy atom. The topological polar surface area (TPSA) is 9.23 Å². The maximum absolute atomic E-state index is 5.35. The van der Waals surface area contributed by atoms with Crippen LogP contribution in [0.25, 0.3) is 0 Å². The molecule has 1 aromatic carbocycles.